The van der Waals surface area contributed by atoms with Gasteiger partial charge < -0.3 is 9.64 Å². The van der Waals surface area contributed by atoms with E-state index in [1.807, 2.05) is 0 Å². The molecule has 0 amide bonds. The molecule has 1 saturated heterocycles. The fraction of sp³-hybridized carbons (Fsp3) is 0.455. The van der Waals surface area contributed by atoms with Crippen LogP contribution < -0.4 is 0 Å². The lowest BCUT2D eigenvalue weighted by atomic mass is 10.2. The number of hydrogen-bond acceptors (Lipinski definition) is 2. The monoisotopic (exact) mass is 177 g/mol. The number of ether oxygens (including phenoxy) is 1. The highest BCUT2D eigenvalue weighted by molar-refractivity contribution is 5.42. The highest BCUT2D eigenvalue weighted by Gasteiger charge is 2.12. The van der Waals surface area contributed by atoms with Crippen molar-refractivity contribution in [1.29, 1.82) is 0 Å². The van der Waals surface area contributed by atoms with Gasteiger partial charge in [-0.25, -0.2) is 0 Å². The van der Waals surface area contributed by atoms with Crippen molar-refractivity contribution >= 4 is 0 Å². The molecule has 0 aromatic heterocycles. The maximum atomic E-state index is 5.31. The minimum atomic E-state index is 0.859. The van der Waals surface area contributed by atoms with Crippen LogP contribution in [0.4, 0.5) is 0 Å². The second-order valence-corrected chi connectivity index (χ2v) is 3.36. The molecular formula is C11H15NO. The van der Waals surface area contributed by atoms with Gasteiger partial charge in [-0.1, -0.05) is 24.3 Å². The first kappa shape index (κ1) is 8.57. The van der Waals surface area contributed by atoms with Gasteiger partial charge in [0, 0.05) is 18.8 Å². The molecule has 0 aromatic carbocycles. The molecule has 0 unspecified atom stereocenters. The largest absolute Gasteiger partial charge is 0.378 e. The summed E-state index contributed by atoms with van der Waals surface area (Å²) < 4.78 is 5.31. The molecule has 2 aliphatic rings. The predicted molar refractivity (Wildman–Crippen MR) is 53.4 cm³/mol. The van der Waals surface area contributed by atoms with Crippen molar-refractivity contribution in [1.82, 2.24) is 4.90 Å². The molecule has 1 aliphatic carbocycles. The van der Waals surface area contributed by atoms with E-state index in [1.165, 1.54) is 11.3 Å². The molecule has 1 heterocycles. The zero-order valence-corrected chi connectivity index (χ0v) is 7.99. The Balaban J connectivity index is 2.10. The van der Waals surface area contributed by atoms with Gasteiger partial charge in [-0.3, -0.25) is 0 Å². The third kappa shape index (κ3) is 1.83. The Kier molecular flexibility index (Phi) is 2.50. The average Bonchev–Trinajstić information content (AvgIpc) is 2.71. The molecule has 0 radical (unpaired) electrons. The lowest BCUT2D eigenvalue weighted by Crippen LogP contribution is -2.35. The first-order chi connectivity index (χ1) is 6.38. The Morgan fingerprint density at radius 1 is 1.23 bits per heavy atom. The fourth-order valence-corrected chi connectivity index (χ4v) is 1.70. The zero-order chi connectivity index (χ0) is 9.10. The molecule has 2 heteroatoms. The molecule has 1 aliphatic heterocycles. The third-order valence-electron chi connectivity index (χ3n) is 2.57. The summed E-state index contributed by atoms with van der Waals surface area (Å²) in [6.07, 6.45) is 8.48. The molecule has 0 N–H and O–H groups in total. The number of nitrogens with zero attached hydrogens (tertiary/aromatic N) is 1. The second-order valence-electron chi connectivity index (χ2n) is 3.36. The van der Waals surface area contributed by atoms with Crippen LogP contribution in [0.15, 0.2) is 35.6 Å². The van der Waals surface area contributed by atoms with Crippen LogP contribution in [0.5, 0.6) is 0 Å². The summed E-state index contributed by atoms with van der Waals surface area (Å²) in [6.45, 7) is 5.95. The minimum Gasteiger partial charge on any atom is -0.378 e. The summed E-state index contributed by atoms with van der Waals surface area (Å²) >= 11 is 0. The Bertz CT molecular complexity index is 256. The van der Waals surface area contributed by atoms with E-state index in [9.17, 15) is 0 Å². The first-order valence-electron chi connectivity index (χ1n) is 4.76. The Hall–Kier alpha value is -1.02. The van der Waals surface area contributed by atoms with Crippen molar-refractivity contribution in [2.75, 3.05) is 26.3 Å². The van der Waals surface area contributed by atoms with Crippen molar-refractivity contribution < 1.29 is 4.74 Å². The number of rotatable bonds is 1. The van der Waals surface area contributed by atoms with E-state index in [2.05, 4.69) is 36.1 Å². The summed E-state index contributed by atoms with van der Waals surface area (Å²) in [5.41, 5.74) is 2.70. The molecule has 2 rings (SSSR count). The molecular weight excluding hydrogens is 162 g/mol. The highest BCUT2D eigenvalue weighted by atomic mass is 16.5. The first-order valence-corrected chi connectivity index (χ1v) is 4.76. The van der Waals surface area contributed by atoms with Crippen LogP contribution >= 0.6 is 0 Å². The third-order valence-corrected chi connectivity index (χ3v) is 2.57. The van der Waals surface area contributed by atoms with Crippen LogP contribution in [0, 0.1) is 0 Å². The molecule has 1 fully saturated rings. The molecule has 0 spiro atoms. The number of hydrogen-bond donors (Lipinski definition) is 0. The van der Waals surface area contributed by atoms with Crippen LogP contribution in [0.1, 0.15) is 6.92 Å². The lowest BCUT2D eigenvalue weighted by Gasteiger charge is -2.30. The topological polar surface area (TPSA) is 12.5 Å². The summed E-state index contributed by atoms with van der Waals surface area (Å²) in [5, 5.41) is 0. The van der Waals surface area contributed by atoms with Crippen molar-refractivity contribution in [3.63, 3.8) is 0 Å². The fourth-order valence-electron chi connectivity index (χ4n) is 1.70. The van der Waals surface area contributed by atoms with Crippen molar-refractivity contribution in [3.8, 4) is 0 Å². The highest BCUT2D eigenvalue weighted by Crippen LogP contribution is 2.17. The maximum absolute atomic E-state index is 5.31. The number of morpholine rings is 1. The van der Waals surface area contributed by atoms with E-state index < -0.39 is 0 Å². The van der Waals surface area contributed by atoms with Gasteiger partial charge in [-0.05, 0) is 12.5 Å². The van der Waals surface area contributed by atoms with Crippen LogP contribution in [0.2, 0.25) is 0 Å². The van der Waals surface area contributed by atoms with Crippen molar-refractivity contribution in [3.05, 3.63) is 35.6 Å². The predicted octanol–water partition coefficient (Wildman–Crippen LogP) is 1.72. The Morgan fingerprint density at radius 3 is 2.46 bits per heavy atom. The summed E-state index contributed by atoms with van der Waals surface area (Å²) in [7, 11) is 0. The summed E-state index contributed by atoms with van der Waals surface area (Å²) in [5.74, 6) is 0. The standard InChI is InChI=1S/C11H15NO/c1-10(11-4-2-3-5-11)12-6-8-13-9-7-12/h2-5H,6-9H2,1H3. The Morgan fingerprint density at radius 2 is 1.85 bits per heavy atom. The van der Waals surface area contributed by atoms with Gasteiger partial charge in [0.15, 0.2) is 0 Å². The van der Waals surface area contributed by atoms with Gasteiger partial charge in [-0.15, -0.1) is 0 Å². The van der Waals surface area contributed by atoms with E-state index in [-0.39, 0.29) is 0 Å². The quantitative estimate of drug-likeness (QED) is 0.604. The van der Waals surface area contributed by atoms with Crippen LogP contribution in [-0.4, -0.2) is 31.2 Å². The molecule has 0 bridgehead atoms. The molecule has 0 aromatic rings. The number of allylic oxidation sites excluding steroid dienone is 6. The molecule has 0 saturated carbocycles. The summed E-state index contributed by atoms with van der Waals surface area (Å²) in [4.78, 5) is 2.39. The van der Waals surface area contributed by atoms with Crippen molar-refractivity contribution in [2.45, 2.75) is 6.92 Å². The van der Waals surface area contributed by atoms with Gasteiger partial charge >= 0.3 is 0 Å². The zero-order valence-electron chi connectivity index (χ0n) is 7.99. The molecule has 13 heavy (non-hydrogen) atoms. The van der Waals surface area contributed by atoms with E-state index in [1.54, 1.807) is 0 Å². The lowest BCUT2D eigenvalue weighted by molar-refractivity contribution is 0.0535. The Labute approximate surface area is 79.2 Å². The van der Waals surface area contributed by atoms with E-state index >= 15 is 0 Å². The van der Waals surface area contributed by atoms with Gasteiger partial charge in [0.05, 0.1) is 13.2 Å². The smallest absolute Gasteiger partial charge is 0.0642 e. The minimum absolute atomic E-state index is 0.859. The van der Waals surface area contributed by atoms with E-state index in [0.717, 1.165) is 26.3 Å². The van der Waals surface area contributed by atoms with Gasteiger partial charge in [0.1, 0.15) is 0 Å². The van der Waals surface area contributed by atoms with Crippen LogP contribution in [0.3, 0.4) is 0 Å². The second kappa shape index (κ2) is 3.79. The molecule has 0 atom stereocenters. The van der Waals surface area contributed by atoms with Gasteiger partial charge in [0.2, 0.25) is 0 Å². The average molecular weight is 177 g/mol. The van der Waals surface area contributed by atoms with Crippen LogP contribution in [-0.2, 0) is 4.74 Å². The van der Waals surface area contributed by atoms with Gasteiger partial charge in [-0.2, -0.15) is 0 Å². The van der Waals surface area contributed by atoms with E-state index in [4.69, 9.17) is 4.74 Å². The van der Waals surface area contributed by atoms with Gasteiger partial charge in [0.25, 0.3) is 0 Å². The van der Waals surface area contributed by atoms with E-state index in [0.29, 0.717) is 0 Å². The normalized spacial score (nSPS) is 21.3. The SMILES string of the molecule is CC(=C1C=CC=C1)N1CCOCC1. The maximum Gasteiger partial charge on any atom is 0.0642 e. The molecule has 2 nitrogen and oxygen atoms in total. The molecule has 70 valence electrons. The van der Waals surface area contributed by atoms with Crippen LogP contribution in [0.25, 0.3) is 0 Å². The van der Waals surface area contributed by atoms with Crippen molar-refractivity contribution in [2.24, 2.45) is 0 Å². The summed E-state index contributed by atoms with van der Waals surface area (Å²) in [6, 6.07) is 0.